The third kappa shape index (κ3) is 1.80. The van der Waals surface area contributed by atoms with Gasteiger partial charge in [0.15, 0.2) is 0 Å². The average molecular weight is 195 g/mol. The summed E-state index contributed by atoms with van der Waals surface area (Å²) in [5.41, 5.74) is -0.597. The average Bonchev–Trinajstić information content (AvgIpc) is 2.89. The van der Waals surface area contributed by atoms with Crippen molar-refractivity contribution in [2.24, 2.45) is 5.92 Å². The maximum absolute atomic E-state index is 10.2. The van der Waals surface area contributed by atoms with E-state index in [4.69, 9.17) is 0 Å². The maximum Gasteiger partial charge on any atom is 0.138 e. The molecular weight excluding hydrogens is 178 g/mol. The number of nitrogens with zero attached hydrogens (tertiary/aromatic N) is 3. The fraction of sp³-hybridized carbons (Fsp3) is 0.800. The van der Waals surface area contributed by atoms with Gasteiger partial charge in [0, 0.05) is 13.0 Å². The minimum Gasteiger partial charge on any atom is -0.389 e. The van der Waals surface area contributed by atoms with Gasteiger partial charge in [-0.05, 0) is 32.6 Å². The van der Waals surface area contributed by atoms with Crippen LogP contribution in [0.3, 0.4) is 0 Å². The zero-order chi connectivity index (χ0) is 10.2. The van der Waals surface area contributed by atoms with Crippen LogP contribution in [0.4, 0.5) is 0 Å². The Bertz CT molecular complexity index is 315. The van der Waals surface area contributed by atoms with Gasteiger partial charge in [0.25, 0.3) is 0 Å². The van der Waals surface area contributed by atoms with Crippen LogP contribution < -0.4 is 0 Å². The molecule has 0 spiro atoms. The van der Waals surface area contributed by atoms with Crippen molar-refractivity contribution in [3.63, 3.8) is 0 Å². The molecule has 1 aliphatic carbocycles. The molecule has 1 atom stereocenters. The molecule has 1 unspecified atom stereocenters. The molecule has 2 rings (SSSR count). The lowest BCUT2D eigenvalue weighted by Crippen LogP contribution is -2.31. The highest BCUT2D eigenvalue weighted by molar-refractivity contribution is 4.99. The van der Waals surface area contributed by atoms with Crippen LogP contribution in [-0.2, 0) is 13.0 Å². The Morgan fingerprint density at radius 3 is 2.93 bits per heavy atom. The summed E-state index contributed by atoms with van der Waals surface area (Å²) in [7, 11) is 0. The van der Waals surface area contributed by atoms with E-state index in [1.165, 1.54) is 0 Å². The quantitative estimate of drug-likeness (QED) is 0.779. The van der Waals surface area contributed by atoms with Crippen LogP contribution in [0.2, 0.25) is 0 Å². The first-order chi connectivity index (χ1) is 6.63. The second-order valence-electron chi connectivity index (χ2n) is 4.30. The number of hydrogen-bond donors (Lipinski definition) is 1. The summed E-state index contributed by atoms with van der Waals surface area (Å²) >= 11 is 0. The van der Waals surface area contributed by atoms with Crippen molar-refractivity contribution >= 4 is 0 Å². The maximum atomic E-state index is 10.2. The molecule has 0 aliphatic heterocycles. The first-order valence-electron chi connectivity index (χ1n) is 5.22. The normalized spacial score (nSPS) is 20.8. The summed E-state index contributed by atoms with van der Waals surface area (Å²) in [5.74, 6) is 1.36. The Balaban J connectivity index is 2.09. The van der Waals surface area contributed by atoms with Crippen molar-refractivity contribution in [2.75, 3.05) is 0 Å². The van der Waals surface area contributed by atoms with E-state index >= 15 is 0 Å². The van der Waals surface area contributed by atoms with Gasteiger partial charge in [0.1, 0.15) is 12.2 Å². The lowest BCUT2D eigenvalue weighted by Gasteiger charge is -2.22. The molecule has 1 N–H and O–H groups in total. The third-order valence-electron chi connectivity index (χ3n) is 2.97. The first-order valence-corrected chi connectivity index (χ1v) is 5.22. The fourth-order valence-electron chi connectivity index (χ4n) is 1.86. The van der Waals surface area contributed by atoms with Gasteiger partial charge in [-0.3, -0.25) is 4.68 Å². The highest BCUT2D eigenvalue weighted by Gasteiger charge is 2.40. The minimum atomic E-state index is -0.597. The molecule has 78 valence electrons. The Morgan fingerprint density at radius 2 is 2.36 bits per heavy atom. The molecule has 1 aromatic heterocycles. The van der Waals surface area contributed by atoms with E-state index in [2.05, 4.69) is 10.1 Å². The molecule has 0 radical (unpaired) electrons. The van der Waals surface area contributed by atoms with Gasteiger partial charge in [-0.15, -0.1) is 0 Å². The zero-order valence-corrected chi connectivity index (χ0v) is 8.77. The molecule has 1 fully saturated rings. The predicted octanol–water partition coefficient (Wildman–Crippen LogP) is 1.00. The van der Waals surface area contributed by atoms with E-state index in [1.807, 2.05) is 18.5 Å². The summed E-state index contributed by atoms with van der Waals surface area (Å²) in [4.78, 5) is 4.17. The summed E-state index contributed by atoms with van der Waals surface area (Å²) in [5, 5.41) is 14.3. The van der Waals surface area contributed by atoms with Crippen LogP contribution in [-0.4, -0.2) is 25.5 Å². The van der Waals surface area contributed by atoms with Gasteiger partial charge >= 0.3 is 0 Å². The van der Waals surface area contributed by atoms with Crippen molar-refractivity contribution < 1.29 is 5.11 Å². The predicted molar refractivity (Wildman–Crippen MR) is 52.7 cm³/mol. The molecule has 1 saturated carbocycles. The van der Waals surface area contributed by atoms with Gasteiger partial charge in [0.05, 0.1) is 5.60 Å². The van der Waals surface area contributed by atoms with Crippen LogP contribution >= 0.6 is 0 Å². The van der Waals surface area contributed by atoms with Crippen molar-refractivity contribution in [1.82, 2.24) is 14.8 Å². The van der Waals surface area contributed by atoms with E-state index in [-0.39, 0.29) is 0 Å². The standard InChI is InChI=1S/C10H17N3O/c1-3-13-9(11-7-12-13)6-10(2,14)8-4-5-8/h7-8,14H,3-6H2,1-2H3. The molecule has 1 aromatic rings. The first kappa shape index (κ1) is 9.65. The Morgan fingerprint density at radius 1 is 1.64 bits per heavy atom. The highest BCUT2D eigenvalue weighted by atomic mass is 16.3. The number of aromatic nitrogens is 3. The van der Waals surface area contributed by atoms with Crippen LogP contribution in [0.15, 0.2) is 6.33 Å². The molecule has 0 saturated heterocycles. The number of rotatable bonds is 4. The summed E-state index contributed by atoms with van der Waals surface area (Å²) < 4.78 is 1.84. The monoisotopic (exact) mass is 195 g/mol. The van der Waals surface area contributed by atoms with Crippen molar-refractivity contribution in [1.29, 1.82) is 0 Å². The fourth-order valence-corrected chi connectivity index (χ4v) is 1.86. The Labute approximate surface area is 84.0 Å². The number of aliphatic hydroxyl groups is 1. The van der Waals surface area contributed by atoms with Crippen LogP contribution in [0.1, 0.15) is 32.5 Å². The lowest BCUT2D eigenvalue weighted by molar-refractivity contribution is 0.0342. The summed E-state index contributed by atoms with van der Waals surface area (Å²) in [6, 6.07) is 0. The van der Waals surface area contributed by atoms with Crippen molar-refractivity contribution in [3.05, 3.63) is 12.2 Å². The van der Waals surface area contributed by atoms with E-state index in [9.17, 15) is 5.11 Å². The SMILES string of the molecule is CCn1ncnc1CC(C)(O)C1CC1. The molecule has 0 amide bonds. The molecule has 4 heteroatoms. The summed E-state index contributed by atoms with van der Waals surface area (Å²) in [6.07, 6.45) is 4.47. The molecule has 1 aliphatic rings. The minimum absolute atomic E-state index is 0.463. The second-order valence-corrected chi connectivity index (χ2v) is 4.30. The van der Waals surface area contributed by atoms with Crippen LogP contribution in [0.25, 0.3) is 0 Å². The van der Waals surface area contributed by atoms with Gasteiger partial charge in [0.2, 0.25) is 0 Å². The lowest BCUT2D eigenvalue weighted by atomic mass is 9.96. The molecule has 4 nitrogen and oxygen atoms in total. The van der Waals surface area contributed by atoms with Crippen LogP contribution in [0, 0.1) is 5.92 Å². The summed E-state index contributed by atoms with van der Waals surface area (Å²) in [6.45, 7) is 4.75. The number of aryl methyl sites for hydroxylation is 1. The van der Waals surface area contributed by atoms with Gasteiger partial charge in [-0.1, -0.05) is 0 Å². The molecular formula is C10H17N3O. The molecule has 0 aromatic carbocycles. The highest BCUT2D eigenvalue weighted by Crippen LogP contribution is 2.40. The van der Waals surface area contributed by atoms with Gasteiger partial charge < -0.3 is 5.11 Å². The second kappa shape index (κ2) is 3.35. The third-order valence-corrected chi connectivity index (χ3v) is 2.97. The smallest absolute Gasteiger partial charge is 0.138 e. The largest absolute Gasteiger partial charge is 0.389 e. The van der Waals surface area contributed by atoms with E-state index < -0.39 is 5.60 Å². The number of hydrogen-bond acceptors (Lipinski definition) is 3. The van der Waals surface area contributed by atoms with Crippen molar-refractivity contribution in [2.45, 2.75) is 45.3 Å². The van der Waals surface area contributed by atoms with E-state index in [0.717, 1.165) is 25.2 Å². The zero-order valence-electron chi connectivity index (χ0n) is 8.77. The molecule has 0 bridgehead atoms. The topological polar surface area (TPSA) is 50.9 Å². The molecule has 14 heavy (non-hydrogen) atoms. The van der Waals surface area contributed by atoms with Gasteiger partial charge in [-0.2, -0.15) is 5.10 Å². The Hall–Kier alpha value is -0.900. The van der Waals surface area contributed by atoms with Crippen LogP contribution in [0.5, 0.6) is 0 Å². The van der Waals surface area contributed by atoms with E-state index in [1.54, 1.807) is 6.33 Å². The Kier molecular flexibility index (Phi) is 2.31. The van der Waals surface area contributed by atoms with Gasteiger partial charge in [-0.25, -0.2) is 4.98 Å². The van der Waals surface area contributed by atoms with E-state index in [0.29, 0.717) is 12.3 Å². The molecule has 1 heterocycles. The van der Waals surface area contributed by atoms with Crippen molar-refractivity contribution in [3.8, 4) is 0 Å².